The predicted octanol–water partition coefficient (Wildman–Crippen LogP) is 4.43. The molecule has 140 valence electrons. The molecule has 0 aliphatic heterocycles. The molecule has 7 heteroatoms. The van der Waals surface area contributed by atoms with Crippen molar-refractivity contribution in [1.82, 2.24) is 0 Å². The Labute approximate surface area is 161 Å². The minimum Gasteiger partial charge on any atom is -0.493 e. The van der Waals surface area contributed by atoms with Gasteiger partial charge in [0.15, 0.2) is 23.0 Å². The normalized spacial score (nSPS) is 10.2. The molecule has 6 nitrogen and oxygen atoms in total. The number of anilines is 1. The molecule has 0 heterocycles. The highest BCUT2D eigenvalue weighted by molar-refractivity contribution is 9.10. The van der Waals surface area contributed by atoms with Gasteiger partial charge in [-0.25, -0.2) is 0 Å². The SMILES string of the molecule is CCOc1c(Br)cc(C(=O)Nc2cc(OC)c(OC)cc2C)cc1OC. The fraction of sp³-hybridized carbons (Fsp3) is 0.316. The van der Waals surface area contributed by atoms with Gasteiger partial charge in [0.2, 0.25) is 0 Å². The molecule has 2 aromatic carbocycles. The van der Waals surface area contributed by atoms with E-state index in [1.54, 1.807) is 32.4 Å². The van der Waals surface area contributed by atoms with E-state index in [0.717, 1.165) is 5.56 Å². The van der Waals surface area contributed by atoms with Crippen molar-refractivity contribution in [1.29, 1.82) is 0 Å². The Morgan fingerprint density at radius 3 is 2.19 bits per heavy atom. The van der Waals surface area contributed by atoms with Crippen molar-refractivity contribution >= 4 is 27.5 Å². The second kappa shape index (κ2) is 8.80. The van der Waals surface area contributed by atoms with Crippen LogP contribution in [0.1, 0.15) is 22.8 Å². The molecule has 0 aromatic heterocycles. The number of methoxy groups -OCH3 is 3. The van der Waals surface area contributed by atoms with Gasteiger partial charge in [0.1, 0.15) is 0 Å². The third kappa shape index (κ3) is 4.22. The Morgan fingerprint density at radius 2 is 1.62 bits per heavy atom. The van der Waals surface area contributed by atoms with Crippen molar-refractivity contribution < 1.29 is 23.7 Å². The van der Waals surface area contributed by atoms with E-state index in [9.17, 15) is 4.79 Å². The largest absolute Gasteiger partial charge is 0.493 e. The molecule has 26 heavy (non-hydrogen) atoms. The summed E-state index contributed by atoms with van der Waals surface area (Å²) in [5.74, 6) is 1.92. The van der Waals surface area contributed by atoms with E-state index >= 15 is 0 Å². The minimum atomic E-state index is -0.276. The van der Waals surface area contributed by atoms with Crippen LogP contribution in [-0.2, 0) is 0 Å². The number of carbonyl (C=O) groups is 1. The summed E-state index contributed by atoms with van der Waals surface area (Å²) >= 11 is 3.43. The number of ether oxygens (including phenoxy) is 4. The first-order valence-electron chi connectivity index (χ1n) is 7.99. The number of halogens is 1. The van der Waals surface area contributed by atoms with Crippen molar-refractivity contribution in [3.8, 4) is 23.0 Å². The Kier molecular flexibility index (Phi) is 6.74. The van der Waals surface area contributed by atoms with Crippen LogP contribution in [0.5, 0.6) is 23.0 Å². The van der Waals surface area contributed by atoms with Crippen molar-refractivity contribution in [2.75, 3.05) is 33.3 Å². The summed E-state index contributed by atoms with van der Waals surface area (Å²) in [6.07, 6.45) is 0. The number of hydrogen-bond donors (Lipinski definition) is 1. The van der Waals surface area contributed by atoms with Gasteiger partial charge in [-0.3, -0.25) is 4.79 Å². The molecule has 0 fully saturated rings. The van der Waals surface area contributed by atoms with Crippen molar-refractivity contribution in [2.24, 2.45) is 0 Å². The molecule has 0 radical (unpaired) electrons. The number of carbonyl (C=O) groups excluding carboxylic acids is 1. The van der Waals surface area contributed by atoms with Gasteiger partial charge in [-0.05, 0) is 53.5 Å². The average Bonchev–Trinajstić information content (AvgIpc) is 2.64. The second-order valence-electron chi connectivity index (χ2n) is 5.40. The van der Waals surface area contributed by atoms with E-state index < -0.39 is 0 Å². The lowest BCUT2D eigenvalue weighted by molar-refractivity contribution is 0.102. The monoisotopic (exact) mass is 423 g/mol. The standard InChI is InChI=1S/C19H22BrNO5/c1-6-26-18-13(20)8-12(9-17(18)25-5)19(22)21-14-10-16(24-4)15(23-3)7-11(14)2/h7-10H,6H2,1-5H3,(H,21,22). The lowest BCUT2D eigenvalue weighted by Gasteiger charge is -2.15. The lowest BCUT2D eigenvalue weighted by atomic mass is 10.1. The molecule has 0 saturated heterocycles. The van der Waals surface area contributed by atoms with E-state index in [2.05, 4.69) is 21.2 Å². The molecule has 0 bridgehead atoms. The van der Waals surface area contributed by atoms with Crippen LogP contribution in [0.2, 0.25) is 0 Å². The summed E-state index contributed by atoms with van der Waals surface area (Å²) in [5.41, 5.74) is 1.93. The van der Waals surface area contributed by atoms with Gasteiger partial charge in [-0.1, -0.05) is 0 Å². The van der Waals surface area contributed by atoms with Crippen LogP contribution in [0, 0.1) is 6.92 Å². The Balaban J connectivity index is 2.34. The van der Waals surface area contributed by atoms with Gasteiger partial charge in [-0.15, -0.1) is 0 Å². The molecular formula is C19H22BrNO5. The summed E-state index contributed by atoms with van der Waals surface area (Å²) in [6.45, 7) is 4.25. The van der Waals surface area contributed by atoms with Gasteiger partial charge in [-0.2, -0.15) is 0 Å². The maximum Gasteiger partial charge on any atom is 0.255 e. The van der Waals surface area contributed by atoms with Crippen LogP contribution in [0.4, 0.5) is 5.69 Å². The van der Waals surface area contributed by atoms with Crippen molar-refractivity contribution in [2.45, 2.75) is 13.8 Å². The smallest absolute Gasteiger partial charge is 0.255 e. The molecule has 2 aromatic rings. The molecule has 0 aliphatic carbocycles. The summed E-state index contributed by atoms with van der Waals surface area (Å²) in [7, 11) is 4.65. The molecule has 0 unspecified atom stereocenters. The number of rotatable bonds is 7. The molecule has 2 rings (SSSR count). The fourth-order valence-corrected chi connectivity index (χ4v) is 3.00. The van der Waals surface area contributed by atoms with E-state index in [4.69, 9.17) is 18.9 Å². The first kappa shape index (κ1) is 19.9. The molecular weight excluding hydrogens is 402 g/mol. The summed E-state index contributed by atoms with van der Waals surface area (Å²) in [6, 6.07) is 6.87. The van der Waals surface area contributed by atoms with Crippen LogP contribution in [-0.4, -0.2) is 33.8 Å². The Hall–Kier alpha value is -2.41. The maximum atomic E-state index is 12.7. The molecule has 1 amide bonds. The highest BCUT2D eigenvalue weighted by Crippen LogP contribution is 2.37. The minimum absolute atomic E-state index is 0.276. The number of benzene rings is 2. The molecule has 0 saturated carbocycles. The van der Waals surface area contributed by atoms with E-state index in [1.807, 2.05) is 19.9 Å². The third-order valence-corrected chi connectivity index (χ3v) is 4.35. The third-order valence-electron chi connectivity index (χ3n) is 3.76. The Morgan fingerprint density at radius 1 is 1.00 bits per heavy atom. The number of aryl methyl sites for hydroxylation is 1. The zero-order valence-electron chi connectivity index (χ0n) is 15.4. The zero-order valence-corrected chi connectivity index (χ0v) is 17.0. The van der Waals surface area contributed by atoms with Crippen molar-refractivity contribution in [3.63, 3.8) is 0 Å². The number of hydrogen-bond acceptors (Lipinski definition) is 5. The van der Waals surface area contributed by atoms with Crippen LogP contribution in [0.25, 0.3) is 0 Å². The number of amides is 1. The highest BCUT2D eigenvalue weighted by atomic mass is 79.9. The van der Waals surface area contributed by atoms with Gasteiger partial charge < -0.3 is 24.3 Å². The maximum absolute atomic E-state index is 12.7. The van der Waals surface area contributed by atoms with Crippen LogP contribution >= 0.6 is 15.9 Å². The van der Waals surface area contributed by atoms with Crippen LogP contribution in [0.15, 0.2) is 28.7 Å². The quantitative estimate of drug-likeness (QED) is 0.712. The zero-order chi connectivity index (χ0) is 19.3. The number of nitrogens with one attached hydrogen (secondary N) is 1. The molecule has 1 N–H and O–H groups in total. The summed E-state index contributed by atoms with van der Waals surface area (Å²) in [5, 5.41) is 2.89. The summed E-state index contributed by atoms with van der Waals surface area (Å²) in [4.78, 5) is 12.7. The van der Waals surface area contributed by atoms with Gasteiger partial charge in [0.25, 0.3) is 5.91 Å². The first-order chi connectivity index (χ1) is 12.4. The van der Waals surface area contributed by atoms with Crippen molar-refractivity contribution in [3.05, 3.63) is 39.9 Å². The van der Waals surface area contributed by atoms with Crippen LogP contribution in [0.3, 0.4) is 0 Å². The molecule has 0 spiro atoms. The first-order valence-corrected chi connectivity index (χ1v) is 8.78. The molecule has 0 aliphatic rings. The van der Waals surface area contributed by atoms with Gasteiger partial charge >= 0.3 is 0 Å². The lowest BCUT2D eigenvalue weighted by Crippen LogP contribution is -2.13. The highest BCUT2D eigenvalue weighted by Gasteiger charge is 2.17. The van der Waals surface area contributed by atoms with E-state index in [1.165, 1.54) is 7.11 Å². The van der Waals surface area contributed by atoms with Gasteiger partial charge in [0.05, 0.1) is 32.4 Å². The van der Waals surface area contributed by atoms with E-state index in [-0.39, 0.29) is 5.91 Å². The second-order valence-corrected chi connectivity index (χ2v) is 6.25. The predicted molar refractivity (Wildman–Crippen MR) is 104 cm³/mol. The van der Waals surface area contributed by atoms with E-state index in [0.29, 0.717) is 45.3 Å². The van der Waals surface area contributed by atoms with Gasteiger partial charge in [0, 0.05) is 17.3 Å². The summed E-state index contributed by atoms with van der Waals surface area (Å²) < 4.78 is 22.1. The fourth-order valence-electron chi connectivity index (χ4n) is 2.45. The Bertz CT molecular complexity index is 807. The molecule has 0 atom stereocenters. The topological polar surface area (TPSA) is 66.0 Å². The average molecular weight is 424 g/mol. The van der Waals surface area contributed by atoms with Crippen LogP contribution < -0.4 is 24.3 Å².